The van der Waals surface area contributed by atoms with Crippen LogP contribution in [0.2, 0.25) is 10.0 Å². The third kappa shape index (κ3) is 3.06. The van der Waals surface area contributed by atoms with Crippen LogP contribution in [0.15, 0.2) is 36.4 Å². The maximum atomic E-state index is 13.8. The van der Waals surface area contributed by atoms with Crippen molar-refractivity contribution in [3.05, 3.63) is 67.3 Å². The lowest BCUT2D eigenvalue weighted by molar-refractivity contribution is -0.384. The number of thiophene rings is 1. The first kappa shape index (κ1) is 16.6. The van der Waals surface area contributed by atoms with Crippen LogP contribution < -0.4 is 5.32 Å². The van der Waals surface area contributed by atoms with E-state index in [9.17, 15) is 19.3 Å². The first-order chi connectivity index (χ1) is 11.4. The summed E-state index contributed by atoms with van der Waals surface area (Å²) in [6.07, 6.45) is 0. The zero-order valence-electron chi connectivity index (χ0n) is 11.7. The zero-order chi connectivity index (χ0) is 17.4. The Morgan fingerprint density at radius 1 is 1.21 bits per heavy atom. The van der Waals surface area contributed by atoms with Crippen molar-refractivity contribution in [2.75, 3.05) is 5.32 Å². The standard InChI is InChI=1S/C15H7Cl2FN2O3S/c16-7-1-4-11(10(18)5-7)19-15(21)14-13(17)9-3-2-8(20(22)23)6-12(9)24-14/h1-6H,(H,19,21). The number of anilines is 1. The molecule has 0 aliphatic rings. The number of nitrogens with one attached hydrogen (secondary N) is 1. The van der Waals surface area contributed by atoms with E-state index >= 15 is 0 Å². The number of rotatable bonds is 3. The first-order valence-electron chi connectivity index (χ1n) is 6.49. The summed E-state index contributed by atoms with van der Waals surface area (Å²) in [7, 11) is 0. The third-order valence-electron chi connectivity index (χ3n) is 3.21. The highest BCUT2D eigenvalue weighted by atomic mass is 35.5. The van der Waals surface area contributed by atoms with Crippen LogP contribution >= 0.6 is 34.5 Å². The summed E-state index contributed by atoms with van der Waals surface area (Å²) in [4.78, 5) is 22.8. The highest BCUT2D eigenvalue weighted by Crippen LogP contribution is 2.37. The number of halogens is 3. The molecule has 3 aromatic rings. The van der Waals surface area contributed by atoms with Crippen LogP contribution in [0.1, 0.15) is 9.67 Å². The van der Waals surface area contributed by atoms with E-state index in [2.05, 4.69) is 5.32 Å². The van der Waals surface area contributed by atoms with Crippen LogP contribution in [0.3, 0.4) is 0 Å². The summed E-state index contributed by atoms with van der Waals surface area (Å²) in [5.41, 5.74) is -0.139. The lowest BCUT2D eigenvalue weighted by atomic mass is 10.2. The van der Waals surface area contributed by atoms with E-state index < -0.39 is 16.6 Å². The highest BCUT2D eigenvalue weighted by molar-refractivity contribution is 7.21. The van der Waals surface area contributed by atoms with Crippen LogP contribution in [0.4, 0.5) is 15.8 Å². The number of benzene rings is 2. The average molecular weight is 385 g/mol. The summed E-state index contributed by atoms with van der Waals surface area (Å²) in [5, 5.41) is 14.1. The molecular formula is C15H7Cl2FN2O3S. The Bertz CT molecular complexity index is 990. The Kier molecular flexibility index (Phi) is 4.40. The number of fused-ring (bicyclic) bond motifs is 1. The molecule has 2 aromatic carbocycles. The number of carbonyl (C=O) groups excluding carboxylic acids is 1. The molecule has 0 aliphatic heterocycles. The van der Waals surface area contributed by atoms with Crippen LogP contribution in [0, 0.1) is 15.9 Å². The molecule has 24 heavy (non-hydrogen) atoms. The van der Waals surface area contributed by atoms with Crippen molar-refractivity contribution in [2.24, 2.45) is 0 Å². The molecule has 1 N–H and O–H groups in total. The van der Waals surface area contributed by atoms with Crippen molar-refractivity contribution < 1.29 is 14.1 Å². The second-order valence-electron chi connectivity index (χ2n) is 4.76. The summed E-state index contributed by atoms with van der Waals surface area (Å²) >= 11 is 12.8. The van der Waals surface area contributed by atoms with Gasteiger partial charge in [-0.2, -0.15) is 0 Å². The van der Waals surface area contributed by atoms with Gasteiger partial charge in [-0.15, -0.1) is 11.3 Å². The molecule has 3 rings (SSSR count). The van der Waals surface area contributed by atoms with Gasteiger partial charge in [-0.3, -0.25) is 14.9 Å². The van der Waals surface area contributed by atoms with Gasteiger partial charge in [0, 0.05) is 27.2 Å². The lowest BCUT2D eigenvalue weighted by Gasteiger charge is -2.05. The van der Waals surface area contributed by atoms with Gasteiger partial charge in [0.05, 0.1) is 15.6 Å². The van der Waals surface area contributed by atoms with E-state index in [4.69, 9.17) is 23.2 Å². The first-order valence-corrected chi connectivity index (χ1v) is 8.07. The van der Waals surface area contributed by atoms with Gasteiger partial charge in [0.1, 0.15) is 10.7 Å². The molecule has 0 radical (unpaired) electrons. The van der Waals surface area contributed by atoms with Crippen molar-refractivity contribution in [2.45, 2.75) is 0 Å². The number of nitro groups is 1. The quantitative estimate of drug-likeness (QED) is 0.478. The second-order valence-corrected chi connectivity index (χ2v) is 6.63. The van der Waals surface area contributed by atoms with Gasteiger partial charge in [0.25, 0.3) is 11.6 Å². The number of amides is 1. The Morgan fingerprint density at radius 2 is 1.96 bits per heavy atom. The fourth-order valence-corrected chi connectivity index (χ4v) is 3.69. The maximum Gasteiger partial charge on any atom is 0.270 e. The predicted molar refractivity (Wildman–Crippen MR) is 92.9 cm³/mol. The van der Waals surface area contributed by atoms with E-state index in [-0.39, 0.29) is 26.3 Å². The Balaban J connectivity index is 1.97. The minimum absolute atomic E-state index is 0.0381. The largest absolute Gasteiger partial charge is 0.319 e. The third-order valence-corrected chi connectivity index (χ3v) is 5.10. The summed E-state index contributed by atoms with van der Waals surface area (Å²) in [6.45, 7) is 0. The van der Waals surface area contributed by atoms with Gasteiger partial charge >= 0.3 is 0 Å². The van der Waals surface area contributed by atoms with Gasteiger partial charge in [-0.05, 0) is 24.3 Å². The molecule has 1 amide bonds. The van der Waals surface area contributed by atoms with E-state index in [1.165, 1.54) is 30.3 Å². The Labute approximate surface area is 148 Å². The summed E-state index contributed by atoms with van der Waals surface area (Å²) in [5.74, 6) is -1.28. The number of carbonyl (C=O) groups is 1. The smallest absolute Gasteiger partial charge is 0.270 e. The molecule has 0 unspecified atom stereocenters. The molecule has 0 fully saturated rings. The molecule has 1 heterocycles. The van der Waals surface area contributed by atoms with Gasteiger partial charge in [0.2, 0.25) is 0 Å². The summed E-state index contributed by atoms with van der Waals surface area (Å²) < 4.78 is 14.3. The number of non-ortho nitro benzene ring substituents is 1. The highest BCUT2D eigenvalue weighted by Gasteiger charge is 2.20. The fraction of sp³-hybridized carbons (Fsp3) is 0. The predicted octanol–water partition coefficient (Wildman–Crippen LogP) is 5.51. The number of hydrogen-bond donors (Lipinski definition) is 1. The van der Waals surface area contributed by atoms with E-state index in [0.717, 1.165) is 17.4 Å². The monoisotopic (exact) mass is 384 g/mol. The van der Waals surface area contributed by atoms with Crippen LogP contribution in [0.25, 0.3) is 10.1 Å². The number of nitrogens with zero attached hydrogens (tertiary/aromatic N) is 1. The van der Waals surface area contributed by atoms with Gasteiger partial charge in [-0.1, -0.05) is 23.2 Å². The molecule has 1 aromatic heterocycles. The van der Waals surface area contributed by atoms with Gasteiger partial charge in [0.15, 0.2) is 0 Å². The van der Waals surface area contributed by atoms with Crippen molar-refractivity contribution in [1.82, 2.24) is 0 Å². The molecule has 0 aliphatic carbocycles. The molecule has 0 spiro atoms. The van der Waals surface area contributed by atoms with Crippen molar-refractivity contribution in [3.63, 3.8) is 0 Å². The van der Waals surface area contributed by atoms with E-state index in [1.807, 2.05) is 0 Å². The van der Waals surface area contributed by atoms with Crippen LogP contribution in [0.5, 0.6) is 0 Å². The minimum Gasteiger partial charge on any atom is -0.319 e. The molecule has 122 valence electrons. The lowest BCUT2D eigenvalue weighted by Crippen LogP contribution is -2.11. The molecular weight excluding hydrogens is 378 g/mol. The molecule has 0 bridgehead atoms. The van der Waals surface area contributed by atoms with Crippen molar-refractivity contribution in [3.8, 4) is 0 Å². The van der Waals surface area contributed by atoms with Crippen LogP contribution in [-0.2, 0) is 0 Å². The molecule has 5 nitrogen and oxygen atoms in total. The molecule has 9 heteroatoms. The van der Waals surface area contributed by atoms with Crippen LogP contribution in [-0.4, -0.2) is 10.8 Å². The maximum absolute atomic E-state index is 13.8. The number of hydrogen-bond acceptors (Lipinski definition) is 4. The van der Waals surface area contributed by atoms with Gasteiger partial charge in [-0.25, -0.2) is 4.39 Å². The van der Waals surface area contributed by atoms with E-state index in [0.29, 0.717) is 10.1 Å². The normalized spacial score (nSPS) is 10.8. The molecule has 0 saturated heterocycles. The van der Waals surface area contributed by atoms with E-state index in [1.54, 1.807) is 0 Å². The summed E-state index contributed by atoms with van der Waals surface area (Å²) in [6, 6.07) is 7.98. The van der Waals surface area contributed by atoms with Crippen molar-refractivity contribution in [1.29, 1.82) is 0 Å². The topological polar surface area (TPSA) is 72.2 Å². The average Bonchev–Trinajstić information content (AvgIpc) is 2.86. The second kappa shape index (κ2) is 6.35. The minimum atomic E-state index is -0.677. The molecule has 0 saturated carbocycles. The van der Waals surface area contributed by atoms with Gasteiger partial charge < -0.3 is 5.32 Å². The SMILES string of the molecule is O=C(Nc1ccc(Cl)cc1F)c1sc2cc([N+](=O)[O-])ccc2c1Cl. The molecule has 0 atom stereocenters. The Hall–Kier alpha value is -2.22. The Morgan fingerprint density at radius 3 is 2.62 bits per heavy atom. The number of nitro benzene ring substituents is 1. The zero-order valence-corrected chi connectivity index (χ0v) is 14.0. The van der Waals surface area contributed by atoms with Crippen molar-refractivity contribution >= 4 is 61.9 Å². The fourth-order valence-electron chi connectivity index (χ4n) is 2.08.